The van der Waals surface area contributed by atoms with E-state index in [0.29, 0.717) is 11.4 Å². The van der Waals surface area contributed by atoms with Gasteiger partial charge >= 0.3 is 0 Å². The first-order chi connectivity index (χ1) is 6.88. The number of hydrogen-bond donors (Lipinski definition) is 2. The lowest BCUT2D eigenvalue weighted by atomic mass is 10.3. The van der Waals surface area contributed by atoms with Crippen molar-refractivity contribution in [2.45, 2.75) is 0 Å². The topological polar surface area (TPSA) is 66.2 Å². The van der Waals surface area contributed by atoms with E-state index in [2.05, 4.69) is 33.6 Å². The molecule has 1 aromatic rings. The van der Waals surface area contributed by atoms with E-state index in [1.54, 1.807) is 0 Å². The lowest BCUT2D eigenvalue weighted by molar-refractivity contribution is 0.350. The minimum Gasteiger partial charge on any atom is -0.384 e. The molecule has 0 aliphatic heterocycles. The van der Waals surface area contributed by atoms with Gasteiger partial charge in [-0.1, -0.05) is 11.8 Å². The van der Waals surface area contributed by atoms with Crippen molar-refractivity contribution in [2.24, 2.45) is 0 Å². The fourth-order valence-corrected chi connectivity index (χ4v) is 0.767. The highest BCUT2D eigenvalue weighted by atomic mass is 16.3. The molecule has 0 aliphatic carbocycles. The molecule has 70 valence electrons. The number of hydrogen-bond acceptors (Lipinski definition) is 4. The number of aromatic nitrogens is 2. The maximum absolute atomic E-state index is 8.50. The summed E-state index contributed by atoms with van der Waals surface area (Å²) in [7, 11) is 0. The van der Waals surface area contributed by atoms with Gasteiger partial charge < -0.3 is 10.2 Å². The van der Waals surface area contributed by atoms with Crippen molar-refractivity contribution in [1.29, 1.82) is 0 Å². The molecule has 0 saturated carbocycles. The summed E-state index contributed by atoms with van der Waals surface area (Å²) in [6.45, 7) is -0.465. The molecule has 0 atom stereocenters. The molecule has 0 bridgehead atoms. The third kappa shape index (κ3) is 2.87. The van der Waals surface area contributed by atoms with E-state index in [9.17, 15) is 0 Å². The van der Waals surface area contributed by atoms with Crippen molar-refractivity contribution in [3.8, 4) is 23.7 Å². The van der Waals surface area contributed by atoms with Gasteiger partial charge in [-0.25, -0.2) is 9.97 Å². The molecule has 4 nitrogen and oxygen atoms in total. The highest BCUT2D eigenvalue weighted by Crippen LogP contribution is 1.96. The second-order valence-corrected chi connectivity index (χ2v) is 2.17. The Morgan fingerprint density at radius 2 is 1.36 bits per heavy atom. The standard InChI is InChI=1S/C10H8N2O2/c13-7-1-3-9-10(4-2-8-14)12-6-5-11-9/h5-6,13-14H,7-8H2. The van der Waals surface area contributed by atoms with Gasteiger partial charge in [0, 0.05) is 12.4 Å². The van der Waals surface area contributed by atoms with E-state index in [1.165, 1.54) is 12.4 Å². The van der Waals surface area contributed by atoms with Crippen LogP contribution in [0.5, 0.6) is 0 Å². The zero-order valence-corrected chi connectivity index (χ0v) is 7.36. The van der Waals surface area contributed by atoms with Crippen LogP contribution in [0.15, 0.2) is 12.4 Å². The van der Waals surface area contributed by atoms with Crippen LogP contribution in [-0.4, -0.2) is 33.4 Å². The third-order valence-electron chi connectivity index (χ3n) is 1.27. The summed E-state index contributed by atoms with van der Waals surface area (Å²) < 4.78 is 0. The third-order valence-corrected chi connectivity index (χ3v) is 1.27. The number of nitrogens with zero attached hydrogens (tertiary/aromatic N) is 2. The Hall–Kier alpha value is -1.88. The Bertz CT molecular complexity index is 380. The van der Waals surface area contributed by atoms with Crippen LogP contribution in [0.3, 0.4) is 0 Å². The molecule has 1 heterocycles. The fraction of sp³-hybridized carbons (Fsp3) is 0.200. The molecular weight excluding hydrogens is 180 g/mol. The smallest absolute Gasteiger partial charge is 0.147 e. The maximum Gasteiger partial charge on any atom is 0.147 e. The molecule has 0 fully saturated rings. The van der Waals surface area contributed by atoms with E-state index >= 15 is 0 Å². The summed E-state index contributed by atoms with van der Waals surface area (Å²) in [5.74, 6) is 10.1. The molecule has 0 amide bonds. The SMILES string of the molecule is OCC#Cc1nccnc1C#CCO. The van der Waals surface area contributed by atoms with E-state index in [4.69, 9.17) is 10.2 Å². The molecule has 0 aromatic carbocycles. The Kier molecular flexibility index (Phi) is 4.16. The van der Waals surface area contributed by atoms with Crippen molar-refractivity contribution in [3.05, 3.63) is 23.8 Å². The van der Waals surface area contributed by atoms with E-state index < -0.39 is 0 Å². The molecular formula is C10H8N2O2. The zero-order chi connectivity index (χ0) is 10.2. The minimum atomic E-state index is -0.233. The summed E-state index contributed by atoms with van der Waals surface area (Å²) in [5, 5.41) is 17.0. The quantitative estimate of drug-likeness (QED) is 0.521. The first-order valence-electron chi connectivity index (χ1n) is 3.89. The maximum atomic E-state index is 8.50. The van der Waals surface area contributed by atoms with E-state index in [-0.39, 0.29) is 13.2 Å². The van der Waals surface area contributed by atoms with Crippen LogP contribution in [0.1, 0.15) is 11.4 Å². The molecule has 0 spiro atoms. The van der Waals surface area contributed by atoms with Gasteiger partial charge in [0.05, 0.1) is 0 Å². The summed E-state index contributed by atoms with van der Waals surface area (Å²) in [4.78, 5) is 7.88. The molecule has 0 radical (unpaired) electrons. The molecule has 14 heavy (non-hydrogen) atoms. The lowest BCUT2D eigenvalue weighted by Crippen LogP contribution is -1.92. The Morgan fingerprint density at radius 3 is 1.71 bits per heavy atom. The second kappa shape index (κ2) is 5.71. The summed E-state index contributed by atoms with van der Waals surface area (Å²) in [6.07, 6.45) is 2.98. The molecule has 2 N–H and O–H groups in total. The molecule has 0 saturated heterocycles. The van der Waals surface area contributed by atoms with Gasteiger partial charge in [-0.15, -0.1) is 0 Å². The Labute approximate surface area is 81.6 Å². The van der Waals surface area contributed by atoms with Gasteiger partial charge in [-0.05, 0) is 11.8 Å². The van der Waals surface area contributed by atoms with Crippen LogP contribution < -0.4 is 0 Å². The molecule has 4 heteroatoms. The monoisotopic (exact) mass is 188 g/mol. The van der Waals surface area contributed by atoms with Gasteiger partial charge in [-0.2, -0.15) is 0 Å². The normalized spacial score (nSPS) is 8.14. The van der Waals surface area contributed by atoms with Gasteiger partial charge in [-0.3, -0.25) is 0 Å². The first kappa shape index (κ1) is 10.2. The molecule has 0 aliphatic rings. The van der Waals surface area contributed by atoms with Crippen LogP contribution in [0.2, 0.25) is 0 Å². The predicted octanol–water partition coefficient (Wildman–Crippen LogP) is -0.836. The summed E-state index contributed by atoms with van der Waals surface area (Å²) >= 11 is 0. The summed E-state index contributed by atoms with van der Waals surface area (Å²) in [6, 6.07) is 0. The number of aliphatic hydroxyl groups is 2. The highest BCUT2D eigenvalue weighted by molar-refractivity contribution is 5.41. The summed E-state index contributed by atoms with van der Waals surface area (Å²) in [5.41, 5.74) is 0.810. The van der Waals surface area contributed by atoms with Gasteiger partial charge in [0.2, 0.25) is 0 Å². The largest absolute Gasteiger partial charge is 0.384 e. The van der Waals surface area contributed by atoms with Crippen molar-refractivity contribution >= 4 is 0 Å². The Morgan fingerprint density at radius 1 is 0.929 bits per heavy atom. The number of aliphatic hydroxyl groups excluding tert-OH is 2. The van der Waals surface area contributed by atoms with Gasteiger partial charge in [0.25, 0.3) is 0 Å². The number of rotatable bonds is 0. The van der Waals surface area contributed by atoms with E-state index in [0.717, 1.165) is 0 Å². The van der Waals surface area contributed by atoms with Crippen LogP contribution in [-0.2, 0) is 0 Å². The van der Waals surface area contributed by atoms with Crippen LogP contribution in [0.4, 0.5) is 0 Å². The average molecular weight is 188 g/mol. The van der Waals surface area contributed by atoms with E-state index in [1.807, 2.05) is 0 Å². The first-order valence-corrected chi connectivity index (χ1v) is 3.89. The van der Waals surface area contributed by atoms with Crippen molar-refractivity contribution < 1.29 is 10.2 Å². The highest BCUT2D eigenvalue weighted by Gasteiger charge is 1.96. The van der Waals surface area contributed by atoms with Crippen molar-refractivity contribution in [3.63, 3.8) is 0 Å². The molecule has 1 aromatic heterocycles. The van der Waals surface area contributed by atoms with Crippen LogP contribution in [0.25, 0.3) is 0 Å². The zero-order valence-electron chi connectivity index (χ0n) is 7.36. The van der Waals surface area contributed by atoms with Gasteiger partial charge in [0.1, 0.15) is 24.6 Å². The fourth-order valence-electron chi connectivity index (χ4n) is 0.767. The minimum absolute atomic E-state index is 0.233. The average Bonchev–Trinajstić information content (AvgIpc) is 2.24. The van der Waals surface area contributed by atoms with Gasteiger partial charge in [0.15, 0.2) is 0 Å². The molecule has 1 rings (SSSR count). The van der Waals surface area contributed by atoms with Crippen molar-refractivity contribution in [2.75, 3.05) is 13.2 Å². The van der Waals surface area contributed by atoms with Crippen LogP contribution >= 0.6 is 0 Å². The lowest BCUT2D eigenvalue weighted by Gasteiger charge is -1.91. The van der Waals surface area contributed by atoms with Crippen molar-refractivity contribution in [1.82, 2.24) is 9.97 Å². The molecule has 0 unspecified atom stereocenters. The Balaban J connectivity index is 3.03. The predicted molar refractivity (Wildman–Crippen MR) is 50.0 cm³/mol. The van der Waals surface area contributed by atoms with Crippen LogP contribution in [0, 0.1) is 23.7 Å². The second-order valence-electron chi connectivity index (χ2n) is 2.17.